The molecule has 2 aliphatic rings. The highest BCUT2D eigenvalue weighted by Gasteiger charge is 2.01. The van der Waals surface area contributed by atoms with Gasteiger partial charge in [-0.15, -0.1) is 0 Å². The van der Waals surface area contributed by atoms with Crippen molar-refractivity contribution in [2.75, 3.05) is 0 Å². The predicted molar refractivity (Wildman–Crippen MR) is 127 cm³/mol. The van der Waals surface area contributed by atoms with Gasteiger partial charge >= 0.3 is 0 Å². The molecule has 6 rings (SSSR count). The van der Waals surface area contributed by atoms with E-state index in [1.165, 1.54) is 0 Å². The first kappa shape index (κ1) is 18.6. The smallest absolute Gasteiger partial charge is 0.115 e. The highest BCUT2D eigenvalue weighted by Crippen LogP contribution is 2.17. The highest BCUT2D eigenvalue weighted by atomic mass is 16.3. The van der Waals surface area contributed by atoms with Gasteiger partial charge in [0.15, 0.2) is 0 Å². The van der Waals surface area contributed by atoms with Gasteiger partial charge in [-0.3, -0.25) is 0 Å². The second-order valence-corrected chi connectivity index (χ2v) is 7.24. The van der Waals surface area contributed by atoms with Crippen LogP contribution in [-0.2, 0) is 0 Å². The molecule has 5 heteroatoms. The molecule has 0 atom stereocenters. The van der Waals surface area contributed by atoms with Crippen LogP contribution in [0.2, 0.25) is 0 Å². The van der Waals surface area contributed by atoms with E-state index < -0.39 is 0 Å². The van der Waals surface area contributed by atoms with Gasteiger partial charge in [0.2, 0.25) is 0 Å². The van der Waals surface area contributed by atoms with Gasteiger partial charge in [0, 0.05) is 22.1 Å². The van der Waals surface area contributed by atoms with E-state index in [1.807, 2.05) is 54.6 Å². The maximum Gasteiger partial charge on any atom is 0.115 e. The molecule has 0 saturated heterocycles. The van der Waals surface area contributed by atoms with E-state index in [4.69, 9.17) is 5.11 Å². The number of aromatic amines is 2. The molecular weight excluding hydrogens is 384 g/mol. The van der Waals surface area contributed by atoms with Gasteiger partial charge in [0.25, 0.3) is 0 Å². The molecule has 8 bridgehead atoms. The summed E-state index contributed by atoms with van der Waals surface area (Å²) in [6.07, 6.45) is 8.09. The maximum atomic E-state index is 8.63. The summed E-state index contributed by atoms with van der Waals surface area (Å²) in [4.78, 5) is 16.0. The Morgan fingerprint density at radius 2 is 0.839 bits per heavy atom. The third kappa shape index (κ3) is 4.62. The Bertz CT molecular complexity index is 1270. The standard InChI is InChI=1S/C20H14N4.C6H6O/c1-2-14-10-16-5-6-18(23-16)12-20-8-7-19(24-20)11-17-4-3-15(22-17)9-13(1)21-14;7-6-4-2-1-3-5-6/h1-12,21,24H;1-5,7H. The average molecular weight is 404 g/mol. The van der Waals surface area contributed by atoms with Crippen molar-refractivity contribution in [1.82, 2.24) is 19.9 Å². The lowest BCUT2D eigenvalue weighted by atomic mass is 10.3. The molecule has 2 aliphatic heterocycles. The summed E-state index contributed by atoms with van der Waals surface area (Å²) in [5.41, 5.74) is 7.86. The minimum absolute atomic E-state index is 0.322. The average Bonchev–Trinajstić information content (AvgIpc) is 3.55. The summed E-state index contributed by atoms with van der Waals surface area (Å²) in [7, 11) is 0. The lowest BCUT2D eigenvalue weighted by Gasteiger charge is -1.85. The fourth-order valence-corrected chi connectivity index (χ4v) is 3.37. The van der Waals surface area contributed by atoms with Gasteiger partial charge in [-0.1, -0.05) is 18.2 Å². The zero-order valence-electron chi connectivity index (χ0n) is 16.7. The van der Waals surface area contributed by atoms with E-state index in [2.05, 4.69) is 44.2 Å². The van der Waals surface area contributed by atoms with Gasteiger partial charge in [0.05, 0.1) is 22.8 Å². The molecule has 4 aromatic rings. The molecule has 150 valence electrons. The monoisotopic (exact) mass is 404 g/mol. The molecule has 0 unspecified atom stereocenters. The largest absolute Gasteiger partial charge is 0.508 e. The first-order chi connectivity index (χ1) is 15.2. The van der Waals surface area contributed by atoms with Crippen LogP contribution in [0.3, 0.4) is 0 Å². The number of hydrogen-bond acceptors (Lipinski definition) is 3. The van der Waals surface area contributed by atoms with Crippen LogP contribution >= 0.6 is 0 Å². The van der Waals surface area contributed by atoms with Crippen molar-refractivity contribution >= 4 is 46.4 Å². The number of para-hydroxylation sites is 1. The number of phenols is 1. The number of hydrogen-bond donors (Lipinski definition) is 3. The Kier molecular flexibility index (Phi) is 4.91. The Morgan fingerprint density at radius 1 is 0.484 bits per heavy atom. The number of aromatic nitrogens is 4. The van der Waals surface area contributed by atoms with Crippen LogP contribution in [0.1, 0.15) is 22.8 Å². The van der Waals surface area contributed by atoms with E-state index in [0.717, 1.165) is 44.8 Å². The number of H-pyrrole nitrogens is 2. The number of phenolic OH excluding ortho intramolecular Hbond substituents is 1. The zero-order chi connectivity index (χ0) is 21.0. The molecule has 0 spiro atoms. The summed E-state index contributed by atoms with van der Waals surface area (Å²) < 4.78 is 0. The van der Waals surface area contributed by atoms with Gasteiger partial charge < -0.3 is 15.1 Å². The predicted octanol–water partition coefficient (Wildman–Crippen LogP) is 6.05. The molecule has 3 N–H and O–H groups in total. The van der Waals surface area contributed by atoms with E-state index >= 15 is 0 Å². The zero-order valence-corrected chi connectivity index (χ0v) is 16.7. The lowest BCUT2D eigenvalue weighted by Crippen LogP contribution is -1.75. The van der Waals surface area contributed by atoms with Crippen molar-refractivity contribution in [3.05, 3.63) is 102 Å². The van der Waals surface area contributed by atoms with Gasteiger partial charge in [0.1, 0.15) is 5.75 Å². The molecule has 0 aliphatic carbocycles. The van der Waals surface area contributed by atoms with Crippen LogP contribution in [0.4, 0.5) is 0 Å². The second-order valence-electron chi connectivity index (χ2n) is 7.24. The van der Waals surface area contributed by atoms with Crippen LogP contribution in [0.25, 0.3) is 46.4 Å². The topological polar surface area (TPSA) is 77.6 Å². The first-order valence-electron chi connectivity index (χ1n) is 9.98. The Balaban J connectivity index is 0.000000250. The number of benzene rings is 1. The summed E-state index contributed by atoms with van der Waals surface area (Å²) in [5, 5.41) is 8.63. The fourth-order valence-electron chi connectivity index (χ4n) is 3.37. The third-order valence-electron chi connectivity index (χ3n) is 4.80. The fraction of sp³-hybridized carbons (Fsp3) is 0. The van der Waals surface area contributed by atoms with Crippen molar-refractivity contribution in [3.8, 4) is 5.75 Å². The molecular formula is C26H20N4O. The minimum Gasteiger partial charge on any atom is -0.508 e. The quantitative estimate of drug-likeness (QED) is 0.288. The van der Waals surface area contributed by atoms with Gasteiger partial charge in [-0.2, -0.15) is 0 Å². The molecule has 0 fully saturated rings. The maximum absolute atomic E-state index is 8.63. The summed E-state index contributed by atoms with van der Waals surface area (Å²) >= 11 is 0. The first-order valence-corrected chi connectivity index (χ1v) is 9.98. The van der Waals surface area contributed by atoms with Crippen LogP contribution in [0, 0.1) is 0 Å². The Hall–Kier alpha value is -4.38. The lowest BCUT2D eigenvalue weighted by molar-refractivity contribution is 0.475. The van der Waals surface area contributed by atoms with E-state index in [0.29, 0.717) is 5.75 Å². The third-order valence-corrected chi connectivity index (χ3v) is 4.80. The molecule has 5 nitrogen and oxygen atoms in total. The van der Waals surface area contributed by atoms with Gasteiger partial charge in [-0.05, 0) is 85.0 Å². The SMILES string of the molecule is C1=Cc2cc3ccc(cc4nc(cc5ccc(cc1n2)[nH]5)C=C4)[nH]3.Oc1ccccc1. The summed E-state index contributed by atoms with van der Waals surface area (Å²) in [6.45, 7) is 0. The summed E-state index contributed by atoms with van der Waals surface area (Å²) in [6, 6.07) is 25.1. The Morgan fingerprint density at radius 3 is 1.13 bits per heavy atom. The Labute approximate surface area is 179 Å². The van der Waals surface area contributed by atoms with Crippen molar-refractivity contribution in [2.45, 2.75) is 0 Å². The summed E-state index contributed by atoms with van der Waals surface area (Å²) in [5.74, 6) is 0.322. The highest BCUT2D eigenvalue weighted by molar-refractivity contribution is 5.77. The number of nitrogens with one attached hydrogen (secondary N) is 2. The number of aromatic hydroxyl groups is 1. The van der Waals surface area contributed by atoms with E-state index in [1.54, 1.807) is 24.3 Å². The van der Waals surface area contributed by atoms with Gasteiger partial charge in [-0.25, -0.2) is 9.97 Å². The van der Waals surface area contributed by atoms with Crippen molar-refractivity contribution in [1.29, 1.82) is 0 Å². The van der Waals surface area contributed by atoms with Crippen molar-refractivity contribution in [2.24, 2.45) is 0 Å². The van der Waals surface area contributed by atoms with E-state index in [9.17, 15) is 0 Å². The van der Waals surface area contributed by atoms with E-state index in [-0.39, 0.29) is 0 Å². The van der Waals surface area contributed by atoms with Crippen molar-refractivity contribution in [3.63, 3.8) is 0 Å². The number of rotatable bonds is 0. The molecule has 31 heavy (non-hydrogen) atoms. The van der Waals surface area contributed by atoms with Crippen LogP contribution in [-0.4, -0.2) is 25.0 Å². The normalized spacial score (nSPS) is 11.7. The molecule has 0 saturated carbocycles. The molecule has 0 radical (unpaired) electrons. The van der Waals surface area contributed by atoms with Crippen LogP contribution < -0.4 is 0 Å². The van der Waals surface area contributed by atoms with Crippen LogP contribution in [0.5, 0.6) is 5.75 Å². The second kappa shape index (κ2) is 8.16. The minimum atomic E-state index is 0.322. The number of fused-ring (bicyclic) bond motifs is 8. The van der Waals surface area contributed by atoms with Crippen molar-refractivity contribution < 1.29 is 5.11 Å². The molecule has 0 amide bonds. The molecule has 3 aromatic heterocycles. The molecule has 5 heterocycles. The van der Waals surface area contributed by atoms with Crippen LogP contribution in [0.15, 0.2) is 78.9 Å². The molecule has 1 aromatic carbocycles. The number of nitrogens with zero attached hydrogens (tertiary/aromatic N) is 2.